The SMILES string of the molecule is COc1cccc(NC(=O)C2CCN(S(=O)(=O)c3cccc(OC(F)(F)F)c3)CC2)c1. The van der Waals surface area contributed by atoms with Crippen LogP contribution in [0.4, 0.5) is 18.9 Å². The highest BCUT2D eigenvalue weighted by Gasteiger charge is 2.34. The summed E-state index contributed by atoms with van der Waals surface area (Å²) in [4.78, 5) is 12.2. The van der Waals surface area contributed by atoms with Crippen molar-refractivity contribution in [1.29, 1.82) is 0 Å². The molecule has 0 aromatic heterocycles. The van der Waals surface area contributed by atoms with Crippen LogP contribution < -0.4 is 14.8 Å². The minimum absolute atomic E-state index is 0.0723. The van der Waals surface area contributed by atoms with Crippen molar-refractivity contribution in [2.45, 2.75) is 24.1 Å². The Morgan fingerprint density at radius 2 is 1.71 bits per heavy atom. The molecule has 0 atom stereocenters. The number of nitrogens with one attached hydrogen (secondary N) is 1. The first kappa shape index (κ1) is 22.9. The van der Waals surface area contributed by atoms with Crippen LogP contribution in [0.1, 0.15) is 12.8 Å². The van der Waals surface area contributed by atoms with Gasteiger partial charge >= 0.3 is 6.36 Å². The molecular formula is C20H21F3N2O5S. The first-order valence-corrected chi connectivity index (χ1v) is 10.8. The zero-order valence-electron chi connectivity index (χ0n) is 16.6. The van der Waals surface area contributed by atoms with Crippen molar-refractivity contribution in [3.63, 3.8) is 0 Å². The van der Waals surface area contributed by atoms with Crippen LogP contribution in [-0.4, -0.2) is 45.2 Å². The smallest absolute Gasteiger partial charge is 0.497 e. The Hall–Kier alpha value is -2.79. The number of carbonyl (C=O) groups is 1. The van der Waals surface area contributed by atoms with Gasteiger partial charge in [0.15, 0.2) is 0 Å². The Bertz CT molecular complexity index is 1040. The van der Waals surface area contributed by atoms with E-state index in [-0.39, 0.29) is 36.7 Å². The molecular weight excluding hydrogens is 437 g/mol. The van der Waals surface area contributed by atoms with Crippen molar-refractivity contribution in [2.24, 2.45) is 5.92 Å². The number of methoxy groups -OCH3 is 1. The first-order chi connectivity index (χ1) is 14.6. The van der Waals surface area contributed by atoms with Crippen molar-refractivity contribution in [3.05, 3.63) is 48.5 Å². The average Bonchev–Trinajstić information content (AvgIpc) is 2.73. The molecule has 2 aromatic carbocycles. The topological polar surface area (TPSA) is 84.9 Å². The van der Waals surface area contributed by atoms with Crippen LogP contribution in [0.15, 0.2) is 53.4 Å². The van der Waals surface area contributed by atoms with E-state index >= 15 is 0 Å². The normalized spacial score (nSPS) is 16.0. The maximum Gasteiger partial charge on any atom is 0.573 e. The summed E-state index contributed by atoms with van der Waals surface area (Å²) in [5.74, 6) is -0.639. The Labute approximate surface area is 177 Å². The summed E-state index contributed by atoms with van der Waals surface area (Å²) >= 11 is 0. The van der Waals surface area contributed by atoms with E-state index in [2.05, 4.69) is 10.1 Å². The second-order valence-electron chi connectivity index (χ2n) is 6.92. The quantitative estimate of drug-likeness (QED) is 0.715. The van der Waals surface area contributed by atoms with Gasteiger partial charge in [0.25, 0.3) is 0 Å². The zero-order valence-corrected chi connectivity index (χ0v) is 17.4. The number of hydrogen-bond acceptors (Lipinski definition) is 5. The van der Waals surface area contributed by atoms with Gasteiger partial charge in [-0.3, -0.25) is 4.79 Å². The van der Waals surface area contributed by atoms with Gasteiger partial charge in [0.2, 0.25) is 15.9 Å². The summed E-state index contributed by atoms with van der Waals surface area (Å²) < 4.78 is 73.0. The van der Waals surface area contributed by atoms with Crippen LogP contribution in [0.2, 0.25) is 0 Å². The van der Waals surface area contributed by atoms with Gasteiger partial charge in [-0.25, -0.2) is 8.42 Å². The van der Waals surface area contributed by atoms with Gasteiger partial charge in [0.05, 0.1) is 12.0 Å². The van der Waals surface area contributed by atoms with Crippen LogP contribution >= 0.6 is 0 Å². The molecule has 31 heavy (non-hydrogen) atoms. The molecule has 0 unspecified atom stereocenters. The van der Waals surface area contributed by atoms with Gasteiger partial charge in [0, 0.05) is 36.8 Å². The van der Waals surface area contributed by atoms with Crippen LogP contribution in [0.5, 0.6) is 11.5 Å². The van der Waals surface area contributed by atoms with Gasteiger partial charge in [0.1, 0.15) is 11.5 Å². The summed E-state index contributed by atoms with van der Waals surface area (Å²) in [5.41, 5.74) is 0.570. The lowest BCUT2D eigenvalue weighted by Gasteiger charge is -2.30. The van der Waals surface area contributed by atoms with Crippen molar-refractivity contribution in [2.75, 3.05) is 25.5 Å². The molecule has 11 heteroatoms. The Morgan fingerprint density at radius 3 is 2.35 bits per heavy atom. The lowest BCUT2D eigenvalue weighted by atomic mass is 9.97. The van der Waals surface area contributed by atoms with Crippen molar-refractivity contribution < 1.29 is 35.9 Å². The van der Waals surface area contributed by atoms with E-state index < -0.39 is 28.1 Å². The van der Waals surface area contributed by atoms with E-state index in [1.54, 1.807) is 24.3 Å². The minimum Gasteiger partial charge on any atom is -0.497 e. The van der Waals surface area contributed by atoms with Crippen LogP contribution in [-0.2, 0) is 14.8 Å². The Balaban J connectivity index is 1.63. The Kier molecular flexibility index (Phi) is 6.75. The predicted octanol–water partition coefficient (Wildman–Crippen LogP) is 3.63. The first-order valence-electron chi connectivity index (χ1n) is 9.39. The average molecular weight is 458 g/mol. The number of nitrogens with zero attached hydrogens (tertiary/aromatic N) is 1. The number of anilines is 1. The monoisotopic (exact) mass is 458 g/mol. The summed E-state index contributed by atoms with van der Waals surface area (Å²) in [5, 5.41) is 2.79. The van der Waals surface area contributed by atoms with E-state index in [1.807, 2.05) is 0 Å². The molecule has 1 aliphatic heterocycles. The van der Waals surface area contributed by atoms with E-state index in [9.17, 15) is 26.4 Å². The van der Waals surface area contributed by atoms with E-state index in [0.717, 1.165) is 16.4 Å². The molecule has 1 amide bonds. The number of ether oxygens (including phenoxy) is 2. The molecule has 1 fully saturated rings. The highest BCUT2D eigenvalue weighted by Crippen LogP contribution is 2.29. The molecule has 0 bridgehead atoms. The predicted molar refractivity (Wildman–Crippen MR) is 106 cm³/mol. The lowest BCUT2D eigenvalue weighted by Crippen LogP contribution is -2.41. The number of alkyl halides is 3. The number of benzene rings is 2. The molecule has 0 aliphatic carbocycles. The standard InChI is InChI=1S/C20H21F3N2O5S/c1-29-16-5-2-4-15(12-16)24-19(26)14-8-10-25(11-9-14)31(27,28)18-7-3-6-17(13-18)30-20(21,22)23/h2-7,12-14H,8-11H2,1H3,(H,24,26). The van der Waals surface area contributed by atoms with Crippen LogP contribution in [0.3, 0.4) is 0 Å². The van der Waals surface area contributed by atoms with Crippen molar-refractivity contribution in [1.82, 2.24) is 4.31 Å². The molecule has 168 valence electrons. The number of carbonyl (C=O) groups excluding carboxylic acids is 1. The molecule has 2 aromatic rings. The number of sulfonamides is 1. The third-order valence-corrected chi connectivity index (χ3v) is 6.73. The highest BCUT2D eigenvalue weighted by molar-refractivity contribution is 7.89. The van der Waals surface area contributed by atoms with E-state index in [0.29, 0.717) is 11.4 Å². The molecule has 0 saturated carbocycles. The van der Waals surface area contributed by atoms with Gasteiger partial charge in [-0.2, -0.15) is 4.31 Å². The van der Waals surface area contributed by atoms with Gasteiger partial charge < -0.3 is 14.8 Å². The third kappa shape index (κ3) is 5.88. The van der Waals surface area contributed by atoms with E-state index in [4.69, 9.17) is 4.74 Å². The summed E-state index contributed by atoms with van der Waals surface area (Å²) in [6.07, 6.45) is -4.35. The zero-order chi connectivity index (χ0) is 22.6. The summed E-state index contributed by atoms with van der Waals surface area (Å²) in [6.45, 7) is 0.145. The second-order valence-corrected chi connectivity index (χ2v) is 8.86. The number of halogens is 3. The molecule has 1 heterocycles. The maximum absolute atomic E-state index is 12.8. The number of hydrogen-bond donors (Lipinski definition) is 1. The summed E-state index contributed by atoms with van der Waals surface area (Å²) in [7, 11) is -2.50. The molecule has 0 spiro atoms. The van der Waals surface area contributed by atoms with Crippen LogP contribution in [0.25, 0.3) is 0 Å². The third-order valence-electron chi connectivity index (χ3n) is 4.84. The van der Waals surface area contributed by atoms with Gasteiger partial charge in [-0.05, 0) is 37.1 Å². The summed E-state index contributed by atoms with van der Waals surface area (Å²) in [6, 6.07) is 11.1. The molecule has 3 rings (SSSR count). The van der Waals surface area contributed by atoms with Crippen molar-refractivity contribution in [3.8, 4) is 11.5 Å². The second kappa shape index (κ2) is 9.15. The maximum atomic E-state index is 12.8. The van der Waals surface area contributed by atoms with Gasteiger partial charge in [-0.1, -0.05) is 12.1 Å². The lowest BCUT2D eigenvalue weighted by molar-refractivity contribution is -0.274. The fourth-order valence-electron chi connectivity index (χ4n) is 3.28. The number of piperidine rings is 1. The minimum atomic E-state index is -4.92. The Morgan fingerprint density at radius 1 is 1.06 bits per heavy atom. The number of rotatable bonds is 6. The molecule has 7 nitrogen and oxygen atoms in total. The molecule has 1 aliphatic rings. The molecule has 0 radical (unpaired) electrons. The molecule has 1 N–H and O–H groups in total. The van der Waals surface area contributed by atoms with Gasteiger partial charge in [-0.15, -0.1) is 13.2 Å². The fourth-order valence-corrected chi connectivity index (χ4v) is 4.79. The number of amides is 1. The fraction of sp³-hybridized carbons (Fsp3) is 0.350. The largest absolute Gasteiger partial charge is 0.573 e. The van der Waals surface area contributed by atoms with Crippen molar-refractivity contribution >= 4 is 21.6 Å². The molecule has 1 saturated heterocycles. The highest BCUT2D eigenvalue weighted by atomic mass is 32.2. The van der Waals surface area contributed by atoms with E-state index in [1.165, 1.54) is 19.2 Å². The van der Waals surface area contributed by atoms with Crippen LogP contribution in [0, 0.1) is 5.92 Å².